The van der Waals surface area contributed by atoms with Gasteiger partial charge in [0, 0.05) is 30.2 Å². The summed E-state index contributed by atoms with van der Waals surface area (Å²) in [5, 5.41) is 0. The minimum Gasteiger partial charge on any atom is -0.337 e. The highest BCUT2D eigenvalue weighted by molar-refractivity contribution is 7.89. The van der Waals surface area contributed by atoms with Crippen LogP contribution in [-0.2, 0) is 10.0 Å². The van der Waals surface area contributed by atoms with Gasteiger partial charge in [-0.3, -0.25) is 4.79 Å². The molecule has 128 valence electrons. The van der Waals surface area contributed by atoms with Crippen LogP contribution in [0.4, 0.5) is 0 Å². The predicted octanol–water partition coefficient (Wildman–Crippen LogP) is 1.33. The second-order valence-electron chi connectivity index (χ2n) is 7.03. The number of rotatable bonds is 3. The number of likely N-dealkylation sites (tertiary alicyclic amines) is 1. The maximum Gasteiger partial charge on any atom is 0.253 e. The van der Waals surface area contributed by atoms with Gasteiger partial charge in [-0.25, -0.2) is 13.1 Å². The molecule has 1 saturated heterocycles. The first kappa shape index (κ1) is 17.9. The zero-order chi connectivity index (χ0) is 17.3. The number of piperidine rings is 1. The molecule has 0 saturated carbocycles. The second kappa shape index (κ2) is 6.59. The van der Waals surface area contributed by atoms with Crippen molar-refractivity contribution in [2.45, 2.75) is 50.1 Å². The van der Waals surface area contributed by atoms with Gasteiger partial charge in [0.05, 0.1) is 4.90 Å². The van der Waals surface area contributed by atoms with Gasteiger partial charge < -0.3 is 10.6 Å². The van der Waals surface area contributed by atoms with Crippen LogP contribution in [0.2, 0.25) is 0 Å². The molecule has 3 N–H and O–H groups in total. The van der Waals surface area contributed by atoms with Crippen molar-refractivity contribution in [2.75, 3.05) is 13.1 Å². The Morgan fingerprint density at radius 1 is 1.26 bits per heavy atom. The Balaban J connectivity index is 2.14. The fourth-order valence-corrected chi connectivity index (χ4v) is 4.03. The molecule has 23 heavy (non-hydrogen) atoms. The Morgan fingerprint density at radius 3 is 2.39 bits per heavy atom. The third-order valence-electron chi connectivity index (χ3n) is 3.60. The van der Waals surface area contributed by atoms with Crippen LogP contribution in [0.1, 0.15) is 44.0 Å². The minimum atomic E-state index is -3.59. The predicted molar refractivity (Wildman–Crippen MR) is 89.6 cm³/mol. The molecule has 1 aliphatic rings. The van der Waals surface area contributed by atoms with Gasteiger partial charge in [-0.1, -0.05) is 0 Å². The van der Waals surface area contributed by atoms with E-state index in [9.17, 15) is 13.2 Å². The van der Waals surface area contributed by atoms with Crippen LogP contribution in [0.15, 0.2) is 29.2 Å². The van der Waals surface area contributed by atoms with Crippen LogP contribution >= 0.6 is 0 Å². The summed E-state index contributed by atoms with van der Waals surface area (Å²) in [5.41, 5.74) is 5.82. The number of nitrogens with zero attached hydrogens (tertiary/aromatic N) is 1. The number of nitrogens with two attached hydrogens (primary N) is 1. The first-order valence-electron chi connectivity index (χ1n) is 7.77. The summed E-state index contributed by atoms with van der Waals surface area (Å²) in [5.74, 6) is -0.104. The Labute approximate surface area is 138 Å². The highest BCUT2D eigenvalue weighted by Crippen LogP contribution is 2.17. The lowest BCUT2D eigenvalue weighted by Gasteiger charge is -2.30. The molecule has 6 nitrogen and oxygen atoms in total. The Morgan fingerprint density at radius 2 is 1.87 bits per heavy atom. The van der Waals surface area contributed by atoms with Crippen LogP contribution in [0.25, 0.3) is 0 Å². The van der Waals surface area contributed by atoms with E-state index in [0.29, 0.717) is 18.7 Å². The molecule has 2 rings (SSSR count). The minimum absolute atomic E-state index is 0.0170. The lowest BCUT2D eigenvalue weighted by atomic mass is 10.1. The van der Waals surface area contributed by atoms with E-state index in [2.05, 4.69) is 4.72 Å². The van der Waals surface area contributed by atoms with Crippen molar-refractivity contribution >= 4 is 15.9 Å². The SMILES string of the molecule is CC(C)(C)NS(=O)(=O)c1ccc(C(=O)N2CCCC(N)C2)cc1. The standard InChI is InChI=1S/C16H25N3O3S/c1-16(2,3)18-23(21,22)14-8-6-12(7-9-14)15(20)19-10-4-5-13(17)11-19/h6-9,13,18H,4-5,10-11,17H2,1-3H3. The van der Waals surface area contributed by atoms with Gasteiger partial charge in [-0.2, -0.15) is 0 Å². The maximum atomic E-state index is 12.4. The summed E-state index contributed by atoms with van der Waals surface area (Å²) < 4.78 is 27.1. The van der Waals surface area contributed by atoms with Gasteiger partial charge in [-0.05, 0) is 57.9 Å². The van der Waals surface area contributed by atoms with Crippen LogP contribution in [-0.4, -0.2) is 43.9 Å². The van der Waals surface area contributed by atoms with Gasteiger partial charge in [0.1, 0.15) is 0 Å². The van der Waals surface area contributed by atoms with Gasteiger partial charge >= 0.3 is 0 Å². The Hall–Kier alpha value is -1.44. The Kier molecular flexibility index (Phi) is 5.13. The van der Waals surface area contributed by atoms with E-state index < -0.39 is 15.6 Å². The fraction of sp³-hybridized carbons (Fsp3) is 0.562. The third kappa shape index (κ3) is 4.76. The topological polar surface area (TPSA) is 92.5 Å². The maximum absolute atomic E-state index is 12.4. The molecule has 1 heterocycles. The molecule has 1 fully saturated rings. The fourth-order valence-electron chi connectivity index (χ4n) is 2.62. The van der Waals surface area contributed by atoms with Crippen molar-refractivity contribution in [1.29, 1.82) is 0 Å². The summed E-state index contributed by atoms with van der Waals surface area (Å²) in [6, 6.07) is 6.05. The van der Waals surface area contributed by atoms with Crippen molar-refractivity contribution in [1.82, 2.24) is 9.62 Å². The Bertz CT molecular complexity index is 663. The number of carbonyl (C=O) groups excluding carboxylic acids is 1. The monoisotopic (exact) mass is 339 g/mol. The number of benzene rings is 1. The van der Waals surface area contributed by atoms with Crippen LogP contribution in [0.3, 0.4) is 0 Å². The molecular formula is C16H25N3O3S. The van der Waals surface area contributed by atoms with E-state index in [0.717, 1.165) is 12.8 Å². The molecule has 0 bridgehead atoms. The highest BCUT2D eigenvalue weighted by atomic mass is 32.2. The third-order valence-corrected chi connectivity index (χ3v) is 5.37. The van der Waals surface area contributed by atoms with Crippen molar-refractivity contribution in [3.63, 3.8) is 0 Å². The number of nitrogens with one attached hydrogen (secondary N) is 1. The lowest BCUT2D eigenvalue weighted by molar-refractivity contribution is 0.0708. The van der Waals surface area contributed by atoms with Crippen molar-refractivity contribution in [3.8, 4) is 0 Å². The first-order chi connectivity index (χ1) is 10.6. The van der Waals surface area contributed by atoms with E-state index in [1.54, 1.807) is 37.8 Å². The molecule has 1 atom stereocenters. The highest BCUT2D eigenvalue weighted by Gasteiger charge is 2.24. The average molecular weight is 339 g/mol. The van der Waals surface area contributed by atoms with Gasteiger partial charge in [-0.15, -0.1) is 0 Å². The number of amides is 1. The normalized spacial score (nSPS) is 19.7. The summed E-state index contributed by atoms with van der Waals surface area (Å²) in [6.45, 7) is 6.58. The smallest absolute Gasteiger partial charge is 0.253 e. The van der Waals surface area contributed by atoms with Crippen LogP contribution in [0, 0.1) is 0 Å². The second-order valence-corrected chi connectivity index (χ2v) is 8.72. The van der Waals surface area contributed by atoms with Gasteiger partial charge in [0.15, 0.2) is 0 Å². The molecule has 1 aromatic carbocycles. The van der Waals surface area contributed by atoms with Gasteiger partial charge in [0.25, 0.3) is 5.91 Å². The van der Waals surface area contributed by atoms with E-state index in [1.165, 1.54) is 12.1 Å². The summed E-state index contributed by atoms with van der Waals surface area (Å²) >= 11 is 0. The van der Waals surface area contributed by atoms with Gasteiger partial charge in [0.2, 0.25) is 10.0 Å². The molecular weight excluding hydrogens is 314 g/mol. The molecule has 7 heteroatoms. The van der Waals surface area contributed by atoms with Crippen molar-refractivity contribution in [2.24, 2.45) is 5.73 Å². The lowest BCUT2D eigenvalue weighted by Crippen LogP contribution is -2.45. The molecule has 0 spiro atoms. The summed E-state index contributed by atoms with van der Waals surface area (Å²) in [7, 11) is -3.59. The number of carbonyl (C=O) groups is 1. The summed E-state index contributed by atoms with van der Waals surface area (Å²) in [4.78, 5) is 14.3. The zero-order valence-electron chi connectivity index (χ0n) is 13.9. The molecule has 1 aromatic rings. The zero-order valence-corrected chi connectivity index (χ0v) is 14.7. The molecule has 1 amide bonds. The van der Waals surface area contributed by atoms with E-state index >= 15 is 0 Å². The number of hydrogen-bond acceptors (Lipinski definition) is 4. The summed E-state index contributed by atoms with van der Waals surface area (Å²) in [6.07, 6.45) is 1.83. The molecule has 1 aliphatic heterocycles. The van der Waals surface area contributed by atoms with Crippen molar-refractivity contribution < 1.29 is 13.2 Å². The van der Waals surface area contributed by atoms with E-state index in [4.69, 9.17) is 5.73 Å². The van der Waals surface area contributed by atoms with Crippen LogP contribution in [0.5, 0.6) is 0 Å². The van der Waals surface area contributed by atoms with E-state index in [-0.39, 0.29) is 16.8 Å². The van der Waals surface area contributed by atoms with Crippen LogP contribution < -0.4 is 10.5 Å². The molecule has 0 radical (unpaired) electrons. The molecule has 1 unspecified atom stereocenters. The van der Waals surface area contributed by atoms with Crippen molar-refractivity contribution in [3.05, 3.63) is 29.8 Å². The largest absolute Gasteiger partial charge is 0.337 e. The number of hydrogen-bond donors (Lipinski definition) is 2. The average Bonchev–Trinajstić information content (AvgIpc) is 2.44. The number of sulfonamides is 1. The first-order valence-corrected chi connectivity index (χ1v) is 9.26. The quantitative estimate of drug-likeness (QED) is 0.869. The van der Waals surface area contributed by atoms with E-state index in [1.807, 2.05) is 0 Å². The molecule has 0 aromatic heterocycles. The molecule has 0 aliphatic carbocycles.